The van der Waals surface area contributed by atoms with Crippen molar-refractivity contribution < 1.29 is 22.8 Å². The molecule has 14 heteroatoms. The molecule has 0 unspecified atom stereocenters. The summed E-state index contributed by atoms with van der Waals surface area (Å²) in [4.78, 5) is 34.3. The molecule has 0 bridgehead atoms. The number of nitrogens with one attached hydrogen (secondary N) is 2. The summed E-state index contributed by atoms with van der Waals surface area (Å²) < 4.78 is 41.9. The van der Waals surface area contributed by atoms with E-state index in [0.29, 0.717) is 65.8 Å². The lowest BCUT2D eigenvalue weighted by molar-refractivity contribution is -0.137. The van der Waals surface area contributed by atoms with Gasteiger partial charge in [0.2, 0.25) is 5.91 Å². The topological polar surface area (TPSA) is 134 Å². The second-order valence-corrected chi connectivity index (χ2v) is 11.6. The molecule has 0 saturated heterocycles. The maximum Gasteiger partial charge on any atom is 0.416 e. The molecule has 0 aliphatic carbocycles. The monoisotopic (exact) mass is 649 g/mol. The van der Waals surface area contributed by atoms with Gasteiger partial charge in [0.1, 0.15) is 5.69 Å². The van der Waals surface area contributed by atoms with Crippen LogP contribution in [0.15, 0.2) is 66.9 Å². The van der Waals surface area contributed by atoms with Gasteiger partial charge in [-0.15, -0.1) is 5.10 Å². The van der Waals surface area contributed by atoms with Gasteiger partial charge < -0.3 is 21.3 Å². The first-order valence-corrected chi connectivity index (χ1v) is 15.5. The number of pyridine rings is 1. The number of aromatic nitrogens is 4. The molecule has 1 aliphatic heterocycles. The van der Waals surface area contributed by atoms with Gasteiger partial charge in [0.15, 0.2) is 5.82 Å². The van der Waals surface area contributed by atoms with Crippen LogP contribution >= 0.6 is 0 Å². The van der Waals surface area contributed by atoms with E-state index in [2.05, 4.69) is 20.9 Å². The lowest BCUT2D eigenvalue weighted by atomic mass is 10.1. The summed E-state index contributed by atoms with van der Waals surface area (Å²) >= 11 is 0. The minimum absolute atomic E-state index is 0.0618. The fourth-order valence-electron chi connectivity index (χ4n) is 5.37. The predicted molar refractivity (Wildman–Crippen MR) is 174 cm³/mol. The van der Waals surface area contributed by atoms with Gasteiger partial charge in [0, 0.05) is 37.3 Å². The molecule has 0 saturated carbocycles. The zero-order valence-electron chi connectivity index (χ0n) is 26.3. The number of carbonyl (C=O) groups is 2. The number of amides is 3. The summed E-state index contributed by atoms with van der Waals surface area (Å²) in [6.45, 7) is 3.42. The molecular formula is C33H38F3N9O2. The van der Waals surface area contributed by atoms with Crippen LogP contribution in [0.2, 0.25) is 0 Å². The number of nitrogens with zero attached hydrogens (tertiary/aromatic N) is 6. The van der Waals surface area contributed by atoms with E-state index in [9.17, 15) is 22.8 Å². The van der Waals surface area contributed by atoms with E-state index in [1.54, 1.807) is 52.2 Å². The van der Waals surface area contributed by atoms with Gasteiger partial charge >= 0.3 is 12.2 Å². The fourth-order valence-corrected chi connectivity index (χ4v) is 5.37. The van der Waals surface area contributed by atoms with Gasteiger partial charge in [0.05, 0.1) is 35.4 Å². The molecule has 5 rings (SSSR count). The molecule has 2 aromatic heterocycles. The van der Waals surface area contributed by atoms with Crippen molar-refractivity contribution >= 4 is 29.1 Å². The van der Waals surface area contributed by atoms with Gasteiger partial charge in [-0.1, -0.05) is 29.8 Å². The number of unbranched alkanes of at least 4 members (excludes halogenated alkanes) is 2. The number of hydrogen-bond acceptors (Lipinski definition) is 7. The maximum absolute atomic E-state index is 13.9. The van der Waals surface area contributed by atoms with Gasteiger partial charge in [-0.2, -0.15) is 13.2 Å². The van der Waals surface area contributed by atoms with Crippen LogP contribution in [0, 0.1) is 0 Å². The first-order valence-electron chi connectivity index (χ1n) is 15.5. The Bertz CT molecular complexity index is 1710. The number of fused-ring (bicyclic) bond motifs is 1. The third kappa shape index (κ3) is 8.25. The highest BCUT2D eigenvalue weighted by atomic mass is 19.4. The minimum Gasteiger partial charge on any atom is -0.372 e. The average Bonchev–Trinajstić information content (AvgIpc) is 3.49. The molecule has 47 heavy (non-hydrogen) atoms. The molecule has 11 nitrogen and oxygen atoms in total. The maximum atomic E-state index is 13.9. The molecule has 3 amide bonds. The molecule has 1 atom stereocenters. The summed E-state index contributed by atoms with van der Waals surface area (Å²) in [7, 11) is 1.89. The van der Waals surface area contributed by atoms with Crippen molar-refractivity contribution in [2.75, 3.05) is 35.3 Å². The number of alkyl halides is 3. The Morgan fingerprint density at radius 1 is 1.04 bits per heavy atom. The Kier molecular flexibility index (Phi) is 10.4. The second kappa shape index (κ2) is 14.6. The van der Waals surface area contributed by atoms with Crippen molar-refractivity contribution in [1.82, 2.24) is 25.3 Å². The van der Waals surface area contributed by atoms with Crippen LogP contribution in [-0.2, 0) is 17.5 Å². The number of urea groups is 1. The number of anilines is 3. The first kappa shape index (κ1) is 33.4. The molecule has 2 aromatic carbocycles. The van der Waals surface area contributed by atoms with Crippen molar-refractivity contribution in [2.45, 2.75) is 57.8 Å². The Balaban J connectivity index is 1.33. The van der Waals surface area contributed by atoms with E-state index in [-0.39, 0.29) is 18.5 Å². The zero-order valence-corrected chi connectivity index (χ0v) is 26.3. The summed E-state index contributed by atoms with van der Waals surface area (Å²) in [6.07, 6.45) is 0.858. The van der Waals surface area contributed by atoms with Gasteiger partial charge in [0.25, 0.3) is 0 Å². The van der Waals surface area contributed by atoms with Crippen molar-refractivity contribution in [1.29, 1.82) is 0 Å². The number of carbonyl (C=O) groups excluding carboxylic acids is 2. The largest absolute Gasteiger partial charge is 0.416 e. The standard InChI is InChI=1S/C33H38F3N9O2/c1-22-15-17-43(2)29-14-13-28(23-8-6-9-24(18-23)33(34,35)36)40-31(29)45(22)32(47)39-25-10-7-11-27(19-25)44-21-26(41-42-44)20-38-30(46)12-4-3-5-16-37/h6-11,13-14,18-19,21-22H,3-5,12,15-17,20,37H2,1-2H3,(H,38,46)(H,39,47)/t22-/m1/s1. The van der Waals surface area contributed by atoms with E-state index in [1.165, 1.54) is 6.07 Å². The third-order valence-corrected chi connectivity index (χ3v) is 8.00. The van der Waals surface area contributed by atoms with Crippen LogP contribution < -0.4 is 26.2 Å². The summed E-state index contributed by atoms with van der Waals surface area (Å²) in [5.74, 6) is 0.289. The van der Waals surface area contributed by atoms with E-state index in [4.69, 9.17) is 10.7 Å². The van der Waals surface area contributed by atoms with Crippen molar-refractivity contribution in [3.63, 3.8) is 0 Å². The molecule has 3 heterocycles. The van der Waals surface area contributed by atoms with Gasteiger partial charge in [-0.3, -0.25) is 9.69 Å². The SMILES string of the molecule is C[C@@H]1CCN(C)c2ccc(-c3cccc(C(F)(F)F)c3)nc2N1C(=O)Nc1cccc(-n2cc(CNC(=O)CCCCCN)nn2)c1. The van der Waals surface area contributed by atoms with Crippen LogP contribution in [0.3, 0.4) is 0 Å². The molecule has 248 valence electrons. The normalized spacial score (nSPS) is 14.8. The summed E-state index contributed by atoms with van der Waals surface area (Å²) in [6, 6.07) is 14.8. The molecule has 4 aromatic rings. The van der Waals surface area contributed by atoms with Crippen LogP contribution in [0.4, 0.5) is 35.2 Å². The third-order valence-electron chi connectivity index (χ3n) is 8.00. The Labute approximate surface area is 270 Å². The average molecular weight is 650 g/mol. The highest BCUT2D eigenvalue weighted by molar-refractivity contribution is 6.04. The van der Waals surface area contributed by atoms with Crippen molar-refractivity contribution in [3.05, 3.63) is 78.1 Å². The van der Waals surface area contributed by atoms with Crippen LogP contribution in [0.1, 0.15) is 50.3 Å². The molecule has 0 spiro atoms. The minimum atomic E-state index is -4.50. The highest BCUT2D eigenvalue weighted by Crippen LogP contribution is 2.37. The zero-order chi connectivity index (χ0) is 33.6. The lowest BCUT2D eigenvalue weighted by Crippen LogP contribution is -2.42. The molecule has 0 fully saturated rings. The smallest absolute Gasteiger partial charge is 0.372 e. The summed E-state index contributed by atoms with van der Waals surface area (Å²) in [5, 5.41) is 14.1. The van der Waals surface area contributed by atoms with Crippen LogP contribution in [-0.4, -0.2) is 58.1 Å². The number of halogens is 3. The van der Waals surface area contributed by atoms with E-state index < -0.39 is 17.8 Å². The number of nitrogens with two attached hydrogens (primary N) is 1. The van der Waals surface area contributed by atoms with Gasteiger partial charge in [-0.05, 0) is 75.2 Å². The molecule has 4 N–H and O–H groups in total. The fraction of sp³-hybridized carbons (Fsp3) is 0.364. The van der Waals surface area contributed by atoms with Crippen molar-refractivity contribution in [3.8, 4) is 16.9 Å². The Hall–Kier alpha value is -4.98. The summed E-state index contributed by atoms with van der Waals surface area (Å²) in [5.41, 5.74) is 7.75. The van der Waals surface area contributed by atoms with E-state index in [0.717, 1.165) is 31.4 Å². The first-order chi connectivity index (χ1) is 22.5. The van der Waals surface area contributed by atoms with Crippen LogP contribution in [0.5, 0.6) is 0 Å². The van der Waals surface area contributed by atoms with Crippen molar-refractivity contribution in [2.24, 2.45) is 5.73 Å². The number of benzene rings is 2. The Morgan fingerprint density at radius 2 is 1.85 bits per heavy atom. The quantitative estimate of drug-likeness (QED) is 0.186. The molecule has 1 aliphatic rings. The predicted octanol–water partition coefficient (Wildman–Crippen LogP) is 5.75. The number of hydrogen-bond donors (Lipinski definition) is 3. The lowest BCUT2D eigenvalue weighted by Gasteiger charge is -2.28. The highest BCUT2D eigenvalue weighted by Gasteiger charge is 2.32. The van der Waals surface area contributed by atoms with E-state index in [1.807, 2.05) is 24.9 Å². The second-order valence-electron chi connectivity index (χ2n) is 11.6. The van der Waals surface area contributed by atoms with Gasteiger partial charge in [-0.25, -0.2) is 14.5 Å². The Morgan fingerprint density at radius 3 is 2.64 bits per heavy atom. The van der Waals surface area contributed by atoms with E-state index >= 15 is 0 Å². The molecule has 0 radical (unpaired) electrons. The van der Waals surface area contributed by atoms with Crippen LogP contribution in [0.25, 0.3) is 16.9 Å². The molecular weight excluding hydrogens is 611 g/mol. The number of rotatable bonds is 10.